The zero-order valence-electron chi connectivity index (χ0n) is 34.6. The van der Waals surface area contributed by atoms with Crippen molar-refractivity contribution in [1.29, 1.82) is 0 Å². The molecule has 0 bridgehead atoms. The molecule has 279 valence electrons. The van der Waals surface area contributed by atoms with E-state index >= 15 is 0 Å². The average molecular weight is 911 g/mol. The second kappa shape index (κ2) is 15.0. The summed E-state index contributed by atoms with van der Waals surface area (Å²) in [5.74, 6) is 1.18. The molecule has 2 unspecified atom stereocenters. The van der Waals surface area contributed by atoms with E-state index in [2.05, 4.69) is 183 Å². The van der Waals surface area contributed by atoms with Crippen LogP contribution in [0.3, 0.4) is 0 Å². The van der Waals surface area contributed by atoms with Gasteiger partial charge in [-0.25, -0.2) is 0 Å². The summed E-state index contributed by atoms with van der Waals surface area (Å²) in [5.41, 5.74) is 23.8. The van der Waals surface area contributed by atoms with Gasteiger partial charge in [-0.05, 0) is 0 Å². The quantitative estimate of drug-likeness (QED) is 0.127. The molecule has 1 heterocycles. The first-order valence-corrected chi connectivity index (χ1v) is 28.3. The first kappa shape index (κ1) is 37.5. The van der Waals surface area contributed by atoms with Crippen LogP contribution in [0.15, 0.2) is 126 Å². The fourth-order valence-corrected chi connectivity index (χ4v) is 29.7. The van der Waals surface area contributed by atoms with Crippen molar-refractivity contribution in [2.45, 2.75) is 75.6 Å². The molecule has 9 rings (SSSR count). The molecule has 2 aliphatic carbocycles. The van der Waals surface area contributed by atoms with E-state index in [0.717, 1.165) is 12.8 Å². The SMILES string of the molecule is Cc1cccc(-c2cccc3c2C=C(CC(C)C)[CH]3[Hf]([c]2cccc3c2[SiH2]c2ccccc2-3)[CH]2C(CC(C)C)=Cc3c(-c4cccc(C)c4C)cccc32)c1C. The van der Waals surface area contributed by atoms with Crippen LogP contribution in [0.5, 0.6) is 0 Å². The summed E-state index contributed by atoms with van der Waals surface area (Å²) < 4.78 is 2.79. The summed E-state index contributed by atoms with van der Waals surface area (Å²) in [6, 6.07) is 45.4. The molecule has 0 N–H and O–H groups in total. The maximum absolute atomic E-state index is 3.14. The summed E-state index contributed by atoms with van der Waals surface area (Å²) in [7, 11) is -0.619. The molecule has 6 aromatic rings. The Morgan fingerprint density at radius 3 is 1.46 bits per heavy atom. The third-order valence-corrected chi connectivity index (χ3v) is 29.8. The fourth-order valence-electron chi connectivity index (χ4n) is 10.4. The molecule has 0 fully saturated rings. The summed E-state index contributed by atoms with van der Waals surface area (Å²) in [6.45, 7) is 18.9. The minimum atomic E-state index is -3.14. The number of hydrogen-bond acceptors (Lipinski definition) is 0. The topological polar surface area (TPSA) is 0 Å². The normalized spacial score (nSPS) is 16.9. The molecule has 3 aliphatic rings. The number of aryl methyl sites for hydroxylation is 2. The van der Waals surface area contributed by atoms with Crippen molar-refractivity contribution in [2.75, 3.05) is 0 Å². The van der Waals surface area contributed by atoms with Gasteiger partial charge < -0.3 is 0 Å². The Morgan fingerprint density at radius 2 is 0.929 bits per heavy atom. The molecular formula is C54H55HfSi. The second-order valence-corrected chi connectivity index (χ2v) is 28.9. The van der Waals surface area contributed by atoms with Gasteiger partial charge in [0.2, 0.25) is 0 Å². The zero-order valence-corrected chi connectivity index (χ0v) is 39.6. The van der Waals surface area contributed by atoms with E-state index in [-0.39, 0.29) is 0 Å². The van der Waals surface area contributed by atoms with E-state index in [1.807, 2.05) is 3.32 Å². The van der Waals surface area contributed by atoms with Gasteiger partial charge in [0.15, 0.2) is 0 Å². The average Bonchev–Trinajstić information content (AvgIpc) is 3.85. The van der Waals surface area contributed by atoms with Crippen LogP contribution in [0.1, 0.15) is 92.4 Å². The molecule has 0 radical (unpaired) electrons. The van der Waals surface area contributed by atoms with Gasteiger partial charge in [0.05, 0.1) is 0 Å². The molecular weight excluding hydrogens is 855 g/mol. The summed E-state index contributed by atoms with van der Waals surface area (Å²) in [5, 5.41) is 3.39. The molecule has 0 nitrogen and oxygen atoms in total. The summed E-state index contributed by atoms with van der Waals surface area (Å²) in [4.78, 5) is 0. The van der Waals surface area contributed by atoms with Gasteiger partial charge in [0.1, 0.15) is 0 Å². The molecule has 0 aromatic heterocycles. The van der Waals surface area contributed by atoms with Crippen molar-refractivity contribution >= 4 is 35.4 Å². The van der Waals surface area contributed by atoms with Gasteiger partial charge in [0.25, 0.3) is 0 Å². The van der Waals surface area contributed by atoms with E-state index in [4.69, 9.17) is 0 Å². The fraction of sp³-hybridized carbons (Fsp3) is 0.259. The van der Waals surface area contributed by atoms with Crippen molar-refractivity contribution < 1.29 is 21.4 Å². The minimum absolute atomic E-state index is 0.488. The van der Waals surface area contributed by atoms with E-state index < -0.39 is 31.0 Å². The predicted molar refractivity (Wildman–Crippen MR) is 242 cm³/mol. The van der Waals surface area contributed by atoms with Crippen molar-refractivity contribution in [3.05, 3.63) is 171 Å². The molecule has 0 saturated heterocycles. The van der Waals surface area contributed by atoms with Crippen LogP contribution in [0.2, 0.25) is 0 Å². The Labute approximate surface area is 346 Å². The summed E-state index contributed by atoms with van der Waals surface area (Å²) >= 11 is -3.14. The molecule has 2 heteroatoms. The number of rotatable bonds is 9. The third kappa shape index (κ3) is 6.36. The first-order chi connectivity index (χ1) is 27.1. The van der Waals surface area contributed by atoms with Crippen molar-refractivity contribution in [2.24, 2.45) is 11.8 Å². The Balaban J connectivity index is 1.33. The van der Waals surface area contributed by atoms with Crippen molar-refractivity contribution in [1.82, 2.24) is 0 Å². The Bertz CT molecular complexity index is 2450. The van der Waals surface area contributed by atoms with Crippen LogP contribution in [0, 0.1) is 39.5 Å². The van der Waals surface area contributed by atoms with Crippen LogP contribution < -0.4 is 13.7 Å². The number of benzene rings is 6. The van der Waals surface area contributed by atoms with Crippen LogP contribution >= 0.6 is 0 Å². The third-order valence-electron chi connectivity index (χ3n) is 13.2. The van der Waals surface area contributed by atoms with E-state index in [1.54, 1.807) is 38.2 Å². The molecule has 1 aliphatic heterocycles. The molecule has 0 spiro atoms. The van der Waals surface area contributed by atoms with Crippen LogP contribution in [0.25, 0.3) is 45.5 Å². The number of fused-ring (bicyclic) bond motifs is 5. The molecule has 56 heavy (non-hydrogen) atoms. The van der Waals surface area contributed by atoms with Gasteiger partial charge in [-0.15, -0.1) is 0 Å². The van der Waals surface area contributed by atoms with E-state index in [9.17, 15) is 0 Å². The Hall–Kier alpha value is -4.11. The molecule has 0 amide bonds. The van der Waals surface area contributed by atoms with Crippen LogP contribution in [-0.4, -0.2) is 9.52 Å². The second-order valence-electron chi connectivity index (χ2n) is 17.7. The van der Waals surface area contributed by atoms with Gasteiger partial charge in [-0.1, -0.05) is 0 Å². The number of hydrogen-bond donors (Lipinski definition) is 0. The van der Waals surface area contributed by atoms with E-state index in [1.165, 1.54) is 61.2 Å². The Kier molecular flexibility index (Phi) is 10.0. The predicted octanol–water partition coefficient (Wildman–Crippen LogP) is 12.0. The summed E-state index contributed by atoms with van der Waals surface area (Å²) in [6.07, 6.45) is 7.70. The first-order valence-electron chi connectivity index (χ1n) is 21.0. The van der Waals surface area contributed by atoms with Gasteiger partial charge in [-0.2, -0.15) is 0 Å². The molecule has 0 saturated carbocycles. The van der Waals surface area contributed by atoms with Gasteiger partial charge in [-0.3, -0.25) is 0 Å². The zero-order chi connectivity index (χ0) is 38.8. The monoisotopic (exact) mass is 911 g/mol. The standard InChI is InChI=1S/2C21H23.C12H9Si.Hf/c2*1-14(2)11-17-12-18-8-6-10-20(21(18)13-17)19-9-5-7-15(3)16(19)4;1-3-7-11-9(5-1)10-6-2-4-8-12(10)13-11;/h2*5-10,12-14H,11H2,1-4H3;1-7H,13H2;. The maximum atomic E-state index is 2.70. The molecule has 6 aromatic carbocycles. The van der Waals surface area contributed by atoms with Crippen LogP contribution in [0.4, 0.5) is 0 Å². The van der Waals surface area contributed by atoms with Crippen molar-refractivity contribution in [3.8, 4) is 33.4 Å². The van der Waals surface area contributed by atoms with Gasteiger partial charge >= 0.3 is 349 Å². The molecule has 2 atom stereocenters. The van der Waals surface area contributed by atoms with E-state index in [0.29, 0.717) is 19.2 Å². The van der Waals surface area contributed by atoms with Crippen LogP contribution in [-0.2, 0) is 21.4 Å². The van der Waals surface area contributed by atoms with Crippen molar-refractivity contribution in [3.63, 3.8) is 0 Å². The Morgan fingerprint density at radius 1 is 0.482 bits per heavy atom. The van der Waals surface area contributed by atoms with Gasteiger partial charge in [0, 0.05) is 0 Å². The number of allylic oxidation sites excluding steroid dienone is 2.